The van der Waals surface area contributed by atoms with Crippen LogP contribution < -0.4 is 0 Å². The third-order valence-corrected chi connectivity index (χ3v) is 3.41. The summed E-state index contributed by atoms with van der Waals surface area (Å²) in [6.07, 6.45) is 9.35. The fourth-order valence-corrected chi connectivity index (χ4v) is 2.40. The van der Waals surface area contributed by atoms with Crippen molar-refractivity contribution in [2.75, 3.05) is 0 Å². The molecule has 1 fully saturated rings. The normalized spacial score (nSPS) is 16.8. The van der Waals surface area contributed by atoms with Crippen LogP contribution in [-0.4, -0.2) is 17.2 Å². The van der Waals surface area contributed by atoms with Gasteiger partial charge in [0.2, 0.25) is 0 Å². The van der Waals surface area contributed by atoms with Gasteiger partial charge in [0, 0.05) is 6.08 Å². The number of carboxylic acids is 1. The topological polar surface area (TPSA) is 46.5 Å². The molecule has 1 aliphatic rings. The molecule has 0 heterocycles. The van der Waals surface area contributed by atoms with Gasteiger partial charge in [0.1, 0.15) is 0 Å². The largest absolute Gasteiger partial charge is 0.478 e. The second kappa shape index (κ2) is 7.10. The lowest BCUT2D eigenvalue weighted by Gasteiger charge is -2.22. The first kappa shape index (κ1) is 13.8. The molecule has 0 saturated heterocycles. The summed E-state index contributed by atoms with van der Waals surface area (Å²) in [5.74, 6) is -0.927. The van der Waals surface area contributed by atoms with E-state index < -0.39 is 5.97 Å². The van der Waals surface area contributed by atoms with Crippen molar-refractivity contribution in [3.05, 3.63) is 41.5 Å². The summed E-state index contributed by atoms with van der Waals surface area (Å²) >= 11 is 0. The lowest BCUT2D eigenvalue weighted by atomic mass is 9.98. The zero-order chi connectivity index (χ0) is 13.5. The number of hydrogen-bond acceptors (Lipinski definition) is 2. The molecule has 1 N–H and O–H groups in total. The van der Waals surface area contributed by atoms with E-state index in [1.54, 1.807) is 6.08 Å². The van der Waals surface area contributed by atoms with Crippen molar-refractivity contribution in [3.63, 3.8) is 0 Å². The molecule has 19 heavy (non-hydrogen) atoms. The summed E-state index contributed by atoms with van der Waals surface area (Å²) in [6.45, 7) is 0.611. The predicted octanol–water partition coefficient (Wildman–Crippen LogP) is 3.63. The molecule has 2 rings (SSSR count). The SMILES string of the molecule is O=C(O)/C=C/c1cccc(COC2CCCCC2)c1. The van der Waals surface area contributed by atoms with Gasteiger partial charge in [-0.2, -0.15) is 0 Å². The van der Waals surface area contributed by atoms with Crippen LogP contribution in [0.4, 0.5) is 0 Å². The highest BCUT2D eigenvalue weighted by Gasteiger charge is 2.13. The van der Waals surface area contributed by atoms with Gasteiger partial charge in [-0.3, -0.25) is 0 Å². The van der Waals surface area contributed by atoms with E-state index in [0.29, 0.717) is 12.7 Å². The van der Waals surface area contributed by atoms with Crippen molar-refractivity contribution in [2.24, 2.45) is 0 Å². The molecule has 3 heteroatoms. The molecule has 3 nitrogen and oxygen atoms in total. The van der Waals surface area contributed by atoms with Gasteiger partial charge in [-0.05, 0) is 36.1 Å². The monoisotopic (exact) mass is 260 g/mol. The molecular formula is C16H20O3. The molecule has 0 aliphatic heterocycles. The third-order valence-electron chi connectivity index (χ3n) is 3.41. The lowest BCUT2D eigenvalue weighted by Crippen LogP contribution is -2.16. The van der Waals surface area contributed by atoms with Gasteiger partial charge in [0.05, 0.1) is 12.7 Å². The van der Waals surface area contributed by atoms with Crippen LogP contribution in [0.1, 0.15) is 43.2 Å². The van der Waals surface area contributed by atoms with E-state index >= 15 is 0 Å². The van der Waals surface area contributed by atoms with Crippen LogP contribution in [0.25, 0.3) is 6.08 Å². The minimum atomic E-state index is -0.927. The zero-order valence-corrected chi connectivity index (χ0v) is 11.0. The minimum Gasteiger partial charge on any atom is -0.478 e. The van der Waals surface area contributed by atoms with Gasteiger partial charge in [0.15, 0.2) is 0 Å². The molecule has 0 unspecified atom stereocenters. The molecule has 0 atom stereocenters. The fraction of sp³-hybridized carbons (Fsp3) is 0.438. The first-order valence-corrected chi connectivity index (χ1v) is 6.85. The van der Waals surface area contributed by atoms with Crippen molar-refractivity contribution in [3.8, 4) is 0 Å². The molecule has 0 amide bonds. The Morgan fingerprint density at radius 3 is 2.84 bits per heavy atom. The number of benzene rings is 1. The van der Waals surface area contributed by atoms with Crippen molar-refractivity contribution in [1.82, 2.24) is 0 Å². The van der Waals surface area contributed by atoms with Gasteiger partial charge in [-0.25, -0.2) is 4.79 Å². The summed E-state index contributed by atoms with van der Waals surface area (Å²) < 4.78 is 5.91. The van der Waals surface area contributed by atoms with Gasteiger partial charge in [-0.15, -0.1) is 0 Å². The zero-order valence-electron chi connectivity index (χ0n) is 11.0. The smallest absolute Gasteiger partial charge is 0.328 e. The van der Waals surface area contributed by atoms with E-state index in [1.165, 1.54) is 32.1 Å². The average molecular weight is 260 g/mol. The van der Waals surface area contributed by atoms with Crippen LogP contribution in [0.2, 0.25) is 0 Å². The Morgan fingerprint density at radius 1 is 1.32 bits per heavy atom. The van der Waals surface area contributed by atoms with Gasteiger partial charge in [-0.1, -0.05) is 37.5 Å². The maximum atomic E-state index is 10.5. The summed E-state index contributed by atoms with van der Waals surface area (Å²) in [5.41, 5.74) is 1.99. The highest BCUT2D eigenvalue weighted by molar-refractivity contribution is 5.85. The van der Waals surface area contributed by atoms with E-state index in [-0.39, 0.29) is 0 Å². The second-order valence-corrected chi connectivity index (χ2v) is 4.99. The second-order valence-electron chi connectivity index (χ2n) is 4.99. The molecule has 0 spiro atoms. The Morgan fingerprint density at radius 2 is 2.11 bits per heavy atom. The molecule has 1 aromatic carbocycles. The lowest BCUT2D eigenvalue weighted by molar-refractivity contribution is -0.131. The number of ether oxygens (including phenoxy) is 1. The molecule has 0 bridgehead atoms. The first-order valence-electron chi connectivity index (χ1n) is 6.85. The summed E-state index contributed by atoms with van der Waals surface area (Å²) in [5, 5.41) is 8.61. The van der Waals surface area contributed by atoms with Crippen LogP contribution in [0.15, 0.2) is 30.3 Å². The van der Waals surface area contributed by atoms with Crippen molar-refractivity contribution < 1.29 is 14.6 Å². The van der Waals surface area contributed by atoms with E-state index in [2.05, 4.69) is 0 Å². The Kier molecular flexibility index (Phi) is 5.16. The Balaban J connectivity index is 1.89. The van der Waals surface area contributed by atoms with E-state index in [4.69, 9.17) is 9.84 Å². The quantitative estimate of drug-likeness (QED) is 0.822. The third kappa shape index (κ3) is 4.87. The van der Waals surface area contributed by atoms with Crippen molar-refractivity contribution in [1.29, 1.82) is 0 Å². The number of carbonyl (C=O) groups is 1. The molecule has 1 aromatic rings. The summed E-state index contributed by atoms with van der Waals surface area (Å²) in [6, 6.07) is 7.81. The van der Waals surface area contributed by atoms with Gasteiger partial charge >= 0.3 is 5.97 Å². The molecule has 0 aromatic heterocycles. The standard InChI is InChI=1S/C16H20O3/c17-16(18)10-9-13-5-4-6-14(11-13)12-19-15-7-2-1-3-8-15/h4-6,9-11,15H,1-3,7-8,12H2,(H,17,18)/b10-9+. The van der Waals surface area contributed by atoms with E-state index in [1.807, 2.05) is 24.3 Å². The Bertz CT molecular complexity index is 445. The number of aliphatic carboxylic acids is 1. The Labute approximate surface area is 113 Å². The van der Waals surface area contributed by atoms with Crippen LogP contribution in [0.3, 0.4) is 0 Å². The number of rotatable bonds is 5. The van der Waals surface area contributed by atoms with Gasteiger partial charge < -0.3 is 9.84 Å². The average Bonchev–Trinajstić information content (AvgIpc) is 2.44. The van der Waals surface area contributed by atoms with Crippen LogP contribution in [0, 0.1) is 0 Å². The van der Waals surface area contributed by atoms with Crippen LogP contribution >= 0.6 is 0 Å². The molecule has 1 saturated carbocycles. The first-order chi connectivity index (χ1) is 9.24. The minimum absolute atomic E-state index is 0.395. The molecular weight excluding hydrogens is 240 g/mol. The fourth-order valence-electron chi connectivity index (χ4n) is 2.40. The van der Waals surface area contributed by atoms with Gasteiger partial charge in [0.25, 0.3) is 0 Å². The van der Waals surface area contributed by atoms with E-state index in [0.717, 1.165) is 17.2 Å². The summed E-state index contributed by atoms with van der Waals surface area (Å²) in [4.78, 5) is 10.5. The van der Waals surface area contributed by atoms with Crippen molar-refractivity contribution >= 4 is 12.0 Å². The number of carboxylic acid groups (broad SMARTS) is 1. The number of hydrogen-bond donors (Lipinski definition) is 1. The summed E-state index contributed by atoms with van der Waals surface area (Å²) in [7, 11) is 0. The maximum Gasteiger partial charge on any atom is 0.328 e. The highest BCUT2D eigenvalue weighted by Crippen LogP contribution is 2.21. The van der Waals surface area contributed by atoms with E-state index in [9.17, 15) is 4.79 Å². The predicted molar refractivity (Wildman–Crippen MR) is 74.8 cm³/mol. The molecule has 102 valence electrons. The van der Waals surface area contributed by atoms with Crippen molar-refractivity contribution in [2.45, 2.75) is 44.8 Å². The van der Waals surface area contributed by atoms with Crippen LogP contribution in [-0.2, 0) is 16.1 Å². The molecule has 1 aliphatic carbocycles. The highest BCUT2D eigenvalue weighted by atomic mass is 16.5. The maximum absolute atomic E-state index is 10.5. The Hall–Kier alpha value is -1.61. The van der Waals surface area contributed by atoms with Crippen LogP contribution in [0.5, 0.6) is 0 Å². The molecule has 0 radical (unpaired) electrons.